The van der Waals surface area contributed by atoms with Crippen molar-refractivity contribution in [3.8, 4) is 0 Å². The third-order valence-corrected chi connectivity index (χ3v) is 1.51. The molecular weight excluding hydrogens is 142 g/mol. The Kier molecular flexibility index (Phi) is 1.76. The first-order valence-electron chi connectivity index (χ1n) is 3.14. The Labute approximate surface area is 64.2 Å². The summed E-state index contributed by atoms with van der Waals surface area (Å²) >= 11 is 0. The van der Waals surface area contributed by atoms with Gasteiger partial charge < -0.3 is 11.5 Å². The van der Waals surface area contributed by atoms with Crippen LogP contribution < -0.4 is 11.5 Å². The van der Waals surface area contributed by atoms with E-state index in [0.717, 1.165) is 5.56 Å². The van der Waals surface area contributed by atoms with Gasteiger partial charge in [-0.3, -0.25) is 0 Å². The van der Waals surface area contributed by atoms with Crippen molar-refractivity contribution in [2.45, 2.75) is 6.92 Å². The molecule has 4 N–H and O–H groups in total. The first-order valence-corrected chi connectivity index (χ1v) is 3.14. The summed E-state index contributed by atoms with van der Waals surface area (Å²) in [5.41, 5.74) is 12.9. The van der Waals surface area contributed by atoms with Crippen LogP contribution in [0.5, 0.6) is 0 Å². The lowest BCUT2D eigenvalue weighted by Gasteiger charge is -2.01. The third-order valence-electron chi connectivity index (χ3n) is 1.51. The van der Waals surface area contributed by atoms with Crippen molar-refractivity contribution < 1.29 is 0 Å². The minimum absolute atomic E-state index is 0.247. The molecule has 0 saturated carbocycles. The number of nitrogens with zero attached hydrogens (tertiary/aromatic N) is 1. The molecule has 0 bridgehead atoms. The molecule has 1 aromatic rings. The molecule has 1 aromatic carbocycles. The molecular formula is C7H9N3O. The second kappa shape index (κ2) is 2.57. The van der Waals surface area contributed by atoms with Crippen molar-refractivity contribution in [2.75, 3.05) is 11.5 Å². The highest BCUT2D eigenvalue weighted by molar-refractivity contribution is 5.70. The van der Waals surface area contributed by atoms with Crippen LogP contribution in [0, 0.1) is 11.8 Å². The van der Waals surface area contributed by atoms with Crippen LogP contribution in [0.15, 0.2) is 17.3 Å². The minimum atomic E-state index is 0.247. The Morgan fingerprint density at radius 3 is 2.45 bits per heavy atom. The molecule has 0 aliphatic rings. The zero-order valence-corrected chi connectivity index (χ0v) is 6.16. The van der Waals surface area contributed by atoms with Gasteiger partial charge in [0, 0.05) is 5.69 Å². The fraction of sp³-hybridized carbons (Fsp3) is 0.143. The fourth-order valence-electron chi connectivity index (χ4n) is 0.806. The van der Waals surface area contributed by atoms with E-state index in [9.17, 15) is 4.91 Å². The molecule has 0 spiro atoms. The summed E-state index contributed by atoms with van der Waals surface area (Å²) in [6.07, 6.45) is 0. The van der Waals surface area contributed by atoms with Crippen molar-refractivity contribution in [2.24, 2.45) is 5.18 Å². The lowest BCUT2D eigenvalue weighted by atomic mass is 10.1. The SMILES string of the molecule is Cc1cc(N=O)c(N)cc1N. The molecule has 1 rings (SSSR count). The molecule has 0 saturated heterocycles. The Balaban J connectivity index is 3.31. The second-order valence-electron chi connectivity index (χ2n) is 2.36. The van der Waals surface area contributed by atoms with Gasteiger partial charge in [-0.1, -0.05) is 0 Å². The predicted molar refractivity (Wildman–Crippen MR) is 45.5 cm³/mol. The van der Waals surface area contributed by atoms with Gasteiger partial charge in [0.25, 0.3) is 0 Å². The van der Waals surface area contributed by atoms with E-state index >= 15 is 0 Å². The maximum atomic E-state index is 10.1. The third kappa shape index (κ3) is 1.29. The van der Waals surface area contributed by atoms with Crippen LogP contribution in [0.1, 0.15) is 5.56 Å². The molecule has 4 nitrogen and oxygen atoms in total. The topological polar surface area (TPSA) is 81.5 Å². The zero-order valence-electron chi connectivity index (χ0n) is 6.16. The number of benzene rings is 1. The highest BCUT2D eigenvalue weighted by Crippen LogP contribution is 2.26. The normalized spacial score (nSPS) is 9.55. The van der Waals surface area contributed by atoms with Gasteiger partial charge in [0.2, 0.25) is 0 Å². The van der Waals surface area contributed by atoms with Crippen LogP contribution in [-0.2, 0) is 0 Å². The van der Waals surface area contributed by atoms with Gasteiger partial charge >= 0.3 is 0 Å². The molecule has 4 heteroatoms. The summed E-state index contributed by atoms with van der Waals surface area (Å²) < 4.78 is 0. The van der Waals surface area contributed by atoms with Gasteiger partial charge in [-0.2, -0.15) is 0 Å². The van der Waals surface area contributed by atoms with Crippen molar-refractivity contribution in [3.63, 3.8) is 0 Å². The van der Waals surface area contributed by atoms with E-state index in [1.807, 2.05) is 0 Å². The number of nitrogen functional groups attached to an aromatic ring is 2. The van der Waals surface area contributed by atoms with E-state index in [0.29, 0.717) is 11.4 Å². The Bertz CT molecular complexity index is 296. The van der Waals surface area contributed by atoms with Crippen LogP contribution in [0.4, 0.5) is 17.1 Å². The first kappa shape index (κ1) is 7.53. The summed E-state index contributed by atoms with van der Waals surface area (Å²) in [5.74, 6) is 0. The quantitative estimate of drug-likeness (QED) is 0.472. The summed E-state index contributed by atoms with van der Waals surface area (Å²) in [7, 11) is 0. The fourth-order valence-corrected chi connectivity index (χ4v) is 0.806. The summed E-state index contributed by atoms with van der Waals surface area (Å²) in [5, 5.41) is 2.74. The maximum Gasteiger partial charge on any atom is 0.131 e. The van der Waals surface area contributed by atoms with Crippen molar-refractivity contribution in [1.82, 2.24) is 0 Å². The number of anilines is 2. The van der Waals surface area contributed by atoms with Crippen LogP contribution in [0.3, 0.4) is 0 Å². The largest absolute Gasteiger partial charge is 0.398 e. The van der Waals surface area contributed by atoms with Gasteiger partial charge in [-0.15, -0.1) is 4.91 Å². The Morgan fingerprint density at radius 2 is 1.91 bits per heavy atom. The van der Waals surface area contributed by atoms with E-state index in [1.165, 1.54) is 6.07 Å². The molecule has 0 amide bonds. The second-order valence-corrected chi connectivity index (χ2v) is 2.36. The zero-order chi connectivity index (χ0) is 8.43. The molecule has 0 aliphatic heterocycles. The average Bonchev–Trinajstić information content (AvgIpc) is 1.97. The van der Waals surface area contributed by atoms with Crippen LogP contribution >= 0.6 is 0 Å². The van der Waals surface area contributed by atoms with E-state index in [4.69, 9.17) is 11.5 Å². The Morgan fingerprint density at radius 1 is 1.27 bits per heavy atom. The van der Waals surface area contributed by atoms with Crippen LogP contribution in [-0.4, -0.2) is 0 Å². The van der Waals surface area contributed by atoms with Gasteiger partial charge in [0.05, 0.1) is 5.69 Å². The highest BCUT2D eigenvalue weighted by Gasteiger charge is 2.01. The van der Waals surface area contributed by atoms with Crippen LogP contribution in [0.25, 0.3) is 0 Å². The van der Waals surface area contributed by atoms with Crippen molar-refractivity contribution >= 4 is 17.1 Å². The molecule has 0 unspecified atom stereocenters. The van der Waals surface area contributed by atoms with Crippen molar-refractivity contribution in [3.05, 3.63) is 22.6 Å². The first-order chi connectivity index (χ1) is 5.15. The smallest absolute Gasteiger partial charge is 0.131 e. The van der Waals surface area contributed by atoms with E-state index < -0.39 is 0 Å². The molecule has 0 aliphatic carbocycles. The predicted octanol–water partition coefficient (Wildman–Crippen LogP) is 1.56. The number of nitrogens with two attached hydrogens (primary N) is 2. The number of rotatable bonds is 1. The van der Waals surface area contributed by atoms with E-state index in [-0.39, 0.29) is 5.69 Å². The lowest BCUT2D eigenvalue weighted by molar-refractivity contribution is 1.42. The van der Waals surface area contributed by atoms with Gasteiger partial charge in [-0.25, -0.2) is 0 Å². The average molecular weight is 151 g/mol. The van der Waals surface area contributed by atoms with Gasteiger partial charge in [-0.05, 0) is 29.8 Å². The van der Waals surface area contributed by atoms with Gasteiger partial charge in [0.1, 0.15) is 5.69 Å². The number of aryl methyl sites for hydroxylation is 1. The summed E-state index contributed by atoms with van der Waals surface area (Å²) in [4.78, 5) is 10.1. The van der Waals surface area contributed by atoms with Crippen molar-refractivity contribution in [1.29, 1.82) is 0 Å². The molecule has 0 aromatic heterocycles. The highest BCUT2D eigenvalue weighted by atomic mass is 16.3. The monoisotopic (exact) mass is 151 g/mol. The number of hydrogen-bond donors (Lipinski definition) is 2. The van der Waals surface area contributed by atoms with Crippen LogP contribution in [0.2, 0.25) is 0 Å². The molecule has 0 fully saturated rings. The summed E-state index contributed by atoms with van der Waals surface area (Å²) in [6.45, 7) is 1.80. The van der Waals surface area contributed by atoms with E-state index in [1.54, 1.807) is 13.0 Å². The molecule has 0 radical (unpaired) electrons. The molecule has 0 atom stereocenters. The standard InChI is InChI=1S/C7H9N3O/c1-4-2-7(10-11)6(9)3-5(4)8/h2-3H,8-9H2,1H3. The van der Waals surface area contributed by atoms with Gasteiger partial charge in [0.15, 0.2) is 0 Å². The molecule has 0 heterocycles. The lowest BCUT2D eigenvalue weighted by Crippen LogP contribution is -1.92. The summed E-state index contributed by atoms with van der Waals surface area (Å²) in [6, 6.07) is 3.10. The van der Waals surface area contributed by atoms with E-state index in [2.05, 4.69) is 5.18 Å². The minimum Gasteiger partial charge on any atom is -0.398 e. The molecule has 58 valence electrons. The molecule has 11 heavy (non-hydrogen) atoms. The number of nitroso groups, excluding NO2 is 1. The number of hydrogen-bond acceptors (Lipinski definition) is 4. The Hall–Kier alpha value is -1.58. The maximum absolute atomic E-state index is 10.1.